The van der Waals surface area contributed by atoms with Crippen LogP contribution >= 0.6 is 0 Å². The van der Waals surface area contributed by atoms with E-state index in [1.807, 2.05) is 0 Å². The number of ketones is 1. The summed E-state index contributed by atoms with van der Waals surface area (Å²) in [4.78, 5) is 32.7. The summed E-state index contributed by atoms with van der Waals surface area (Å²) >= 11 is 0. The number of amides is 1. The molecule has 0 radical (unpaired) electrons. The number of rotatable bonds is 5. The standard InChI is InChI=1S/C12H19NO5/c1-9(14)5-6-10(15)17-8-7-13-11(16)18-12(2,3)4/h5-6H,7-8H2,1-4H3,(H,13,16)/b6-5+. The van der Waals surface area contributed by atoms with Crippen molar-refractivity contribution in [2.45, 2.75) is 33.3 Å². The van der Waals surface area contributed by atoms with Crippen molar-refractivity contribution in [3.05, 3.63) is 12.2 Å². The monoisotopic (exact) mass is 257 g/mol. The highest BCUT2D eigenvalue weighted by Crippen LogP contribution is 2.05. The number of ether oxygens (including phenoxy) is 2. The first-order chi connectivity index (χ1) is 8.20. The van der Waals surface area contributed by atoms with Crippen molar-refractivity contribution in [1.29, 1.82) is 0 Å². The van der Waals surface area contributed by atoms with Gasteiger partial charge in [-0.1, -0.05) is 0 Å². The highest BCUT2D eigenvalue weighted by atomic mass is 16.6. The van der Waals surface area contributed by atoms with Crippen LogP contribution in [0.4, 0.5) is 4.79 Å². The van der Waals surface area contributed by atoms with Crippen molar-refractivity contribution >= 4 is 17.8 Å². The molecular weight excluding hydrogens is 238 g/mol. The molecule has 0 fully saturated rings. The van der Waals surface area contributed by atoms with Gasteiger partial charge < -0.3 is 14.8 Å². The highest BCUT2D eigenvalue weighted by Gasteiger charge is 2.15. The Bertz CT molecular complexity index is 341. The molecule has 0 heterocycles. The number of allylic oxidation sites excluding steroid dienone is 1. The van der Waals surface area contributed by atoms with Gasteiger partial charge in [-0.3, -0.25) is 4.79 Å². The molecule has 0 atom stereocenters. The lowest BCUT2D eigenvalue weighted by atomic mass is 10.2. The zero-order chi connectivity index (χ0) is 14.2. The average Bonchev–Trinajstić information content (AvgIpc) is 2.19. The Morgan fingerprint density at radius 1 is 1.17 bits per heavy atom. The number of alkyl carbamates (subject to hydrolysis) is 1. The van der Waals surface area contributed by atoms with Gasteiger partial charge in [0.15, 0.2) is 5.78 Å². The van der Waals surface area contributed by atoms with Crippen LogP contribution in [0.3, 0.4) is 0 Å². The molecule has 18 heavy (non-hydrogen) atoms. The van der Waals surface area contributed by atoms with Crippen LogP contribution in [0.5, 0.6) is 0 Å². The van der Waals surface area contributed by atoms with Crippen molar-refractivity contribution in [3.63, 3.8) is 0 Å². The molecule has 0 aliphatic rings. The molecule has 0 rings (SSSR count). The van der Waals surface area contributed by atoms with Crippen LogP contribution in [-0.4, -0.2) is 36.6 Å². The van der Waals surface area contributed by atoms with Gasteiger partial charge in [-0.15, -0.1) is 0 Å². The second-order valence-corrected chi connectivity index (χ2v) is 4.54. The van der Waals surface area contributed by atoms with Crippen LogP contribution in [0.25, 0.3) is 0 Å². The van der Waals surface area contributed by atoms with E-state index in [2.05, 4.69) is 5.32 Å². The van der Waals surface area contributed by atoms with E-state index in [0.717, 1.165) is 12.2 Å². The van der Waals surface area contributed by atoms with E-state index < -0.39 is 17.7 Å². The molecule has 0 aliphatic heterocycles. The summed E-state index contributed by atoms with van der Waals surface area (Å²) in [6, 6.07) is 0. The van der Waals surface area contributed by atoms with E-state index >= 15 is 0 Å². The number of esters is 1. The fraction of sp³-hybridized carbons (Fsp3) is 0.583. The third-order valence-corrected chi connectivity index (χ3v) is 1.47. The van der Waals surface area contributed by atoms with Gasteiger partial charge in [-0.05, 0) is 33.8 Å². The Hall–Kier alpha value is -1.85. The Kier molecular flexibility index (Phi) is 6.70. The summed E-state index contributed by atoms with van der Waals surface area (Å²) in [7, 11) is 0. The summed E-state index contributed by atoms with van der Waals surface area (Å²) in [5.41, 5.74) is -0.564. The van der Waals surface area contributed by atoms with Crippen LogP contribution in [0.2, 0.25) is 0 Å². The van der Waals surface area contributed by atoms with E-state index in [9.17, 15) is 14.4 Å². The molecule has 0 saturated heterocycles. The number of hydrogen-bond donors (Lipinski definition) is 1. The molecule has 6 heteroatoms. The van der Waals surface area contributed by atoms with Gasteiger partial charge in [0.05, 0.1) is 6.54 Å². The Morgan fingerprint density at radius 3 is 2.28 bits per heavy atom. The third-order valence-electron chi connectivity index (χ3n) is 1.47. The van der Waals surface area contributed by atoms with Gasteiger partial charge in [-0.2, -0.15) is 0 Å². The average molecular weight is 257 g/mol. The van der Waals surface area contributed by atoms with E-state index in [4.69, 9.17) is 9.47 Å². The quantitative estimate of drug-likeness (QED) is 0.454. The maximum atomic E-state index is 11.2. The molecular formula is C12H19NO5. The Balaban J connectivity index is 3.71. The maximum Gasteiger partial charge on any atom is 0.407 e. The van der Waals surface area contributed by atoms with Crippen molar-refractivity contribution in [2.24, 2.45) is 0 Å². The Labute approximate surface area is 106 Å². The number of nitrogens with one attached hydrogen (secondary N) is 1. The number of carbonyl (C=O) groups excluding carboxylic acids is 3. The maximum absolute atomic E-state index is 11.2. The molecule has 0 aliphatic carbocycles. The lowest BCUT2D eigenvalue weighted by molar-refractivity contribution is -0.137. The number of carbonyl (C=O) groups is 3. The summed E-state index contributed by atoms with van der Waals surface area (Å²) in [5.74, 6) is -0.866. The van der Waals surface area contributed by atoms with Crippen LogP contribution < -0.4 is 5.32 Å². The lowest BCUT2D eigenvalue weighted by Crippen LogP contribution is -2.34. The normalized spacial score (nSPS) is 11.1. The zero-order valence-electron chi connectivity index (χ0n) is 11.1. The second kappa shape index (κ2) is 7.47. The molecule has 0 aromatic carbocycles. The van der Waals surface area contributed by atoms with E-state index in [1.54, 1.807) is 20.8 Å². The van der Waals surface area contributed by atoms with Gasteiger partial charge >= 0.3 is 12.1 Å². The summed E-state index contributed by atoms with van der Waals surface area (Å²) in [6.45, 7) is 6.74. The lowest BCUT2D eigenvalue weighted by Gasteiger charge is -2.19. The molecule has 6 nitrogen and oxygen atoms in total. The minimum absolute atomic E-state index is 0.0142. The first-order valence-corrected chi connectivity index (χ1v) is 5.53. The van der Waals surface area contributed by atoms with Crippen LogP contribution in [0, 0.1) is 0 Å². The molecule has 0 bridgehead atoms. The van der Waals surface area contributed by atoms with Crippen LogP contribution in [0.15, 0.2) is 12.2 Å². The SMILES string of the molecule is CC(=O)/C=C/C(=O)OCCNC(=O)OC(C)(C)C. The van der Waals surface area contributed by atoms with Crippen molar-refractivity contribution in [2.75, 3.05) is 13.2 Å². The van der Waals surface area contributed by atoms with E-state index in [0.29, 0.717) is 0 Å². The van der Waals surface area contributed by atoms with Crippen molar-refractivity contribution in [1.82, 2.24) is 5.32 Å². The largest absolute Gasteiger partial charge is 0.461 e. The molecule has 1 amide bonds. The molecule has 0 spiro atoms. The fourth-order valence-corrected chi connectivity index (χ4v) is 0.852. The first kappa shape index (κ1) is 16.1. The van der Waals surface area contributed by atoms with Crippen molar-refractivity contribution < 1.29 is 23.9 Å². The minimum atomic E-state index is -0.629. The highest BCUT2D eigenvalue weighted by molar-refractivity contribution is 5.94. The molecule has 0 unspecified atom stereocenters. The topological polar surface area (TPSA) is 81.7 Å². The van der Waals surface area contributed by atoms with Gasteiger partial charge in [0, 0.05) is 6.08 Å². The summed E-state index contributed by atoms with van der Waals surface area (Å²) in [6.07, 6.45) is 1.58. The molecule has 0 aromatic rings. The van der Waals surface area contributed by atoms with E-state index in [1.165, 1.54) is 6.92 Å². The molecule has 0 aromatic heterocycles. The predicted molar refractivity (Wildman–Crippen MR) is 65.0 cm³/mol. The summed E-state index contributed by atoms with van der Waals surface area (Å²) < 4.78 is 9.70. The third kappa shape index (κ3) is 10.7. The smallest absolute Gasteiger partial charge is 0.407 e. The minimum Gasteiger partial charge on any atom is -0.461 e. The van der Waals surface area contributed by atoms with E-state index in [-0.39, 0.29) is 18.9 Å². The molecule has 0 saturated carbocycles. The van der Waals surface area contributed by atoms with Gasteiger partial charge in [0.2, 0.25) is 0 Å². The van der Waals surface area contributed by atoms with Gasteiger partial charge in [-0.25, -0.2) is 9.59 Å². The predicted octanol–water partition coefficient (Wildman–Crippen LogP) is 1.20. The zero-order valence-corrected chi connectivity index (χ0v) is 11.1. The van der Waals surface area contributed by atoms with Gasteiger partial charge in [0.1, 0.15) is 12.2 Å². The van der Waals surface area contributed by atoms with Crippen LogP contribution in [-0.2, 0) is 19.1 Å². The Morgan fingerprint density at radius 2 is 1.78 bits per heavy atom. The van der Waals surface area contributed by atoms with Crippen LogP contribution in [0.1, 0.15) is 27.7 Å². The van der Waals surface area contributed by atoms with Crippen molar-refractivity contribution in [3.8, 4) is 0 Å². The first-order valence-electron chi connectivity index (χ1n) is 5.53. The fourth-order valence-electron chi connectivity index (χ4n) is 0.852. The van der Waals surface area contributed by atoms with Gasteiger partial charge in [0.25, 0.3) is 0 Å². The summed E-state index contributed by atoms with van der Waals surface area (Å²) in [5, 5.41) is 2.43. The molecule has 102 valence electrons. The molecule has 1 N–H and O–H groups in total. The second-order valence-electron chi connectivity index (χ2n) is 4.54. The number of hydrogen-bond acceptors (Lipinski definition) is 5.